The van der Waals surface area contributed by atoms with Crippen molar-refractivity contribution in [3.05, 3.63) is 22.8 Å². The molecule has 11 atom stereocenters. The molecule has 0 spiro atoms. The Hall–Kier alpha value is -2.19. The Morgan fingerprint density at radius 2 is 1.61 bits per heavy atom. The topological polar surface area (TPSA) is 130 Å². The van der Waals surface area contributed by atoms with Gasteiger partial charge in [-0.05, 0) is 98.9 Å². The fraction of sp³-hybridized carbons (Fsp3) is 0.788. The van der Waals surface area contributed by atoms with Crippen molar-refractivity contribution >= 4 is 17.9 Å². The second kappa shape index (κ2) is 11.1. The number of ether oxygens (including phenoxy) is 2. The Balaban J connectivity index is 1.92. The predicted octanol–water partition coefficient (Wildman–Crippen LogP) is 5.21. The highest BCUT2D eigenvalue weighted by molar-refractivity contribution is 5.88. The van der Waals surface area contributed by atoms with Gasteiger partial charge in [0, 0.05) is 24.8 Å². The van der Waals surface area contributed by atoms with E-state index in [2.05, 4.69) is 20.8 Å². The number of carboxylic acids is 1. The molecular formula is C33H50O8. The van der Waals surface area contributed by atoms with Crippen molar-refractivity contribution in [1.29, 1.82) is 0 Å². The van der Waals surface area contributed by atoms with Crippen molar-refractivity contribution in [1.82, 2.24) is 0 Å². The van der Waals surface area contributed by atoms with E-state index in [9.17, 15) is 29.7 Å². The number of carboxylic acid groups (broad SMARTS) is 1. The summed E-state index contributed by atoms with van der Waals surface area (Å²) in [7, 11) is 0. The maximum absolute atomic E-state index is 12.8. The molecule has 230 valence electrons. The van der Waals surface area contributed by atoms with Gasteiger partial charge in [-0.2, -0.15) is 0 Å². The Morgan fingerprint density at radius 3 is 2.17 bits per heavy atom. The van der Waals surface area contributed by atoms with Gasteiger partial charge in [0.05, 0.1) is 12.2 Å². The monoisotopic (exact) mass is 574 g/mol. The molecule has 0 aromatic rings. The van der Waals surface area contributed by atoms with E-state index >= 15 is 0 Å². The fourth-order valence-electron chi connectivity index (χ4n) is 10.2. The van der Waals surface area contributed by atoms with Gasteiger partial charge in [-0.3, -0.25) is 9.59 Å². The lowest BCUT2D eigenvalue weighted by Gasteiger charge is -2.70. The van der Waals surface area contributed by atoms with Crippen molar-refractivity contribution in [2.45, 2.75) is 125 Å². The SMILES string of the molecule is CC(=O)O[C@H]1C[C@@]2(C)[C@@H](CC[C@H]3[C@@]4(C)CC[C@@H](O)[C@H](C)[C@@H]4[C@@H](O)[C@H](OC(C)=O)[C@@]32C)/C1=C(\CCC=C(C)C)C(=O)O. The van der Waals surface area contributed by atoms with Crippen LogP contribution in [0.5, 0.6) is 0 Å². The van der Waals surface area contributed by atoms with Gasteiger partial charge in [0.25, 0.3) is 0 Å². The van der Waals surface area contributed by atoms with E-state index in [1.807, 2.05) is 26.8 Å². The second-order valence-electron chi connectivity index (χ2n) is 14.3. The summed E-state index contributed by atoms with van der Waals surface area (Å²) < 4.78 is 12.0. The van der Waals surface area contributed by atoms with Gasteiger partial charge in [-0.25, -0.2) is 4.79 Å². The zero-order valence-electron chi connectivity index (χ0n) is 26.0. The first kappa shape index (κ1) is 31.7. The highest BCUT2D eigenvalue weighted by Crippen LogP contribution is 2.75. The number of hydrogen-bond acceptors (Lipinski definition) is 7. The third kappa shape index (κ3) is 4.97. The lowest BCUT2D eigenvalue weighted by molar-refractivity contribution is -0.288. The minimum Gasteiger partial charge on any atom is -0.478 e. The van der Waals surface area contributed by atoms with E-state index in [1.54, 1.807) is 0 Å². The van der Waals surface area contributed by atoms with Crippen LogP contribution in [0.25, 0.3) is 0 Å². The summed E-state index contributed by atoms with van der Waals surface area (Å²) in [5.41, 5.74) is 0.390. The average Bonchev–Trinajstić information content (AvgIpc) is 3.13. The average molecular weight is 575 g/mol. The van der Waals surface area contributed by atoms with Crippen molar-refractivity contribution in [3.63, 3.8) is 0 Å². The van der Waals surface area contributed by atoms with E-state index in [1.165, 1.54) is 13.8 Å². The van der Waals surface area contributed by atoms with E-state index in [0.29, 0.717) is 43.3 Å². The van der Waals surface area contributed by atoms with E-state index in [0.717, 1.165) is 18.4 Å². The van der Waals surface area contributed by atoms with Crippen LogP contribution in [-0.2, 0) is 23.9 Å². The van der Waals surface area contributed by atoms with Crippen LogP contribution in [0.15, 0.2) is 22.8 Å². The number of carbonyl (C=O) groups excluding carboxylic acids is 2. The number of fused-ring (bicyclic) bond motifs is 5. The van der Waals surface area contributed by atoms with Gasteiger partial charge >= 0.3 is 17.9 Å². The molecule has 8 nitrogen and oxygen atoms in total. The molecule has 41 heavy (non-hydrogen) atoms. The molecule has 0 heterocycles. The van der Waals surface area contributed by atoms with Gasteiger partial charge in [-0.15, -0.1) is 0 Å². The molecule has 0 unspecified atom stereocenters. The van der Waals surface area contributed by atoms with Gasteiger partial charge < -0.3 is 24.8 Å². The first-order chi connectivity index (χ1) is 19.0. The zero-order valence-corrected chi connectivity index (χ0v) is 26.0. The van der Waals surface area contributed by atoms with Gasteiger partial charge in [0.1, 0.15) is 12.2 Å². The molecule has 8 heteroatoms. The van der Waals surface area contributed by atoms with Crippen LogP contribution in [0.2, 0.25) is 0 Å². The molecule has 0 aromatic carbocycles. The van der Waals surface area contributed by atoms with Crippen LogP contribution in [0.4, 0.5) is 0 Å². The van der Waals surface area contributed by atoms with E-state index in [-0.39, 0.29) is 29.1 Å². The van der Waals surface area contributed by atoms with Crippen molar-refractivity contribution in [2.24, 2.45) is 39.9 Å². The molecule has 0 radical (unpaired) electrons. The summed E-state index contributed by atoms with van der Waals surface area (Å²) >= 11 is 0. The molecule has 0 aliphatic heterocycles. The number of aliphatic hydroxyl groups is 2. The Morgan fingerprint density at radius 1 is 0.976 bits per heavy atom. The number of hydrogen-bond donors (Lipinski definition) is 3. The normalized spacial score (nSPS) is 44.5. The van der Waals surface area contributed by atoms with E-state index < -0.39 is 53.2 Å². The summed E-state index contributed by atoms with van der Waals surface area (Å²) in [4.78, 5) is 37.7. The molecule has 4 saturated carbocycles. The van der Waals surface area contributed by atoms with E-state index in [4.69, 9.17) is 9.47 Å². The molecular weight excluding hydrogens is 524 g/mol. The number of rotatable bonds is 6. The quantitative estimate of drug-likeness (QED) is 0.224. The number of aliphatic hydroxyl groups excluding tert-OH is 2. The second-order valence-corrected chi connectivity index (χ2v) is 14.3. The maximum atomic E-state index is 12.8. The third-order valence-corrected chi connectivity index (χ3v) is 11.9. The largest absolute Gasteiger partial charge is 0.478 e. The van der Waals surface area contributed by atoms with Crippen LogP contribution in [0.1, 0.15) is 100 Å². The van der Waals surface area contributed by atoms with Crippen LogP contribution in [-0.4, -0.2) is 57.6 Å². The van der Waals surface area contributed by atoms with Crippen molar-refractivity contribution in [2.75, 3.05) is 0 Å². The molecule has 0 saturated heterocycles. The highest BCUT2D eigenvalue weighted by Gasteiger charge is 2.74. The number of aliphatic carboxylic acids is 1. The fourth-order valence-corrected chi connectivity index (χ4v) is 10.2. The van der Waals surface area contributed by atoms with Gasteiger partial charge in [-0.1, -0.05) is 39.3 Å². The molecule has 0 aromatic heterocycles. The number of esters is 2. The predicted molar refractivity (Wildman–Crippen MR) is 153 cm³/mol. The minimum atomic E-state index is -1.00. The standard InChI is InChI=1S/C33H50O8/c1-17(2)10-9-11-21(30(38)39)26-22-12-13-25-31(6)15-14-23(36)18(3)27(31)28(37)29(41-20(5)35)33(25,8)32(22,7)16-24(26)40-19(4)34/h10,18,22-25,27-29,36-37H,9,11-16H2,1-8H3,(H,38,39)/b26-21-/t18-,22-,23+,24-,25-,27+,28+,29-,31+,32-,33+/m0/s1. The smallest absolute Gasteiger partial charge is 0.331 e. The minimum absolute atomic E-state index is 0.0419. The lowest BCUT2D eigenvalue weighted by Crippen LogP contribution is -2.72. The Kier molecular flexibility index (Phi) is 8.63. The Labute approximate surface area is 244 Å². The summed E-state index contributed by atoms with van der Waals surface area (Å²) in [5.74, 6) is -2.55. The zero-order chi connectivity index (χ0) is 30.7. The number of allylic oxidation sites excluding steroid dienone is 2. The van der Waals surface area contributed by atoms with Gasteiger partial charge in [0.2, 0.25) is 0 Å². The molecule has 4 aliphatic rings. The molecule has 4 aliphatic carbocycles. The summed E-state index contributed by atoms with van der Waals surface area (Å²) in [6, 6.07) is 0. The van der Waals surface area contributed by atoms with Crippen molar-refractivity contribution < 1.29 is 39.2 Å². The first-order valence-electron chi connectivity index (χ1n) is 15.3. The summed E-state index contributed by atoms with van der Waals surface area (Å²) in [6.45, 7) is 15.1. The molecule has 3 N–H and O–H groups in total. The first-order valence-corrected chi connectivity index (χ1v) is 15.3. The van der Waals surface area contributed by atoms with Gasteiger partial charge in [0.15, 0.2) is 0 Å². The molecule has 4 fully saturated rings. The van der Waals surface area contributed by atoms with Crippen LogP contribution in [0, 0.1) is 39.9 Å². The van der Waals surface area contributed by atoms with Crippen LogP contribution < -0.4 is 0 Å². The third-order valence-electron chi connectivity index (χ3n) is 11.9. The van der Waals surface area contributed by atoms with Crippen LogP contribution in [0.3, 0.4) is 0 Å². The molecule has 0 bridgehead atoms. The lowest BCUT2D eigenvalue weighted by atomic mass is 9.35. The number of carbonyl (C=O) groups is 3. The summed E-state index contributed by atoms with van der Waals surface area (Å²) in [5, 5.41) is 33.3. The highest BCUT2D eigenvalue weighted by atomic mass is 16.6. The van der Waals surface area contributed by atoms with Crippen molar-refractivity contribution in [3.8, 4) is 0 Å². The molecule has 0 amide bonds. The summed E-state index contributed by atoms with van der Waals surface area (Å²) in [6.07, 6.45) is 3.07. The maximum Gasteiger partial charge on any atom is 0.331 e. The molecule has 4 rings (SSSR count). The van der Waals surface area contributed by atoms with Crippen LogP contribution >= 0.6 is 0 Å². The Bertz CT molecular complexity index is 1140.